The zero-order valence-electron chi connectivity index (χ0n) is 15.0. The van der Waals surface area contributed by atoms with Gasteiger partial charge in [-0.1, -0.05) is 24.3 Å². The van der Waals surface area contributed by atoms with Crippen molar-refractivity contribution in [1.82, 2.24) is 4.90 Å². The van der Waals surface area contributed by atoms with Crippen molar-refractivity contribution in [1.29, 1.82) is 0 Å². The van der Waals surface area contributed by atoms with E-state index in [0.29, 0.717) is 28.3 Å². The molecule has 3 aromatic carbocycles. The van der Waals surface area contributed by atoms with Crippen LogP contribution in [-0.4, -0.2) is 29.7 Å². The summed E-state index contributed by atoms with van der Waals surface area (Å²) in [5.74, 6) is 0.141. The molecule has 0 aromatic heterocycles. The predicted molar refractivity (Wildman–Crippen MR) is 104 cm³/mol. The third kappa shape index (κ3) is 3.23. The molecule has 3 aromatic rings. The highest BCUT2D eigenvalue weighted by molar-refractivity contribution is 6.21. The van der Waals surface area contributed by atoms with E-state index in [9.17, 15) is 14.4 Å². The molecule has 1 heterocycles. The standard InChI is InChI=1S/C22H16N2O4/c1-24-21(26)18-11-10-15(13-19(18)22(24)27)23-20(25)14-6-5-9-17(12-14)28-16-7-3-2-4-8-16/h2-13H,1H3,(H,23,25). The molecule has 0 bridgehead atoms. The van der Waals surface area contributed by atoms with Crippen molar-refractivity contribution in [2.24, 2.45) is 0 Å². The van der Waals surface area contributed by atoms with Crippen LogP contribution >= 0.6 is 0 Å². The molecule has 138 valence electrons. The minimum atomic E-state index is -0.380. The van der Waals surface area contributed by atoms with Crippen molar-refractivity contribution in [2.45, 2.75) is 0 Å². The summed E-state index contributed by atoms with van der Waals surface area (Å²) in [6.07, 6.45) is 0. The number of nitrogens with one attached hydrogen (secondary N) is 1. The Morgan fingerprint density at radius 2 is 1.54 bits per heavy atom. The first-order valence-corrected chi connectivity index (χ1v) is 8.64. The maximum atomic E-state index is 12.6. The lowest BCUT2D eigenvalue weighted by Crippen LogP contribution is -2.24. The van der Waals surface area contributed by atoms with Crippen LogP contribution in [0.25, 0.3) is 0 Å². The molecule has 1 aliphatic heterocycles. The number of para-hydroxylation sites is 1. The van der Waals surface area contributed by atoms with E-state index in [2.05, 4.69) is 5.32 Å². The third-order valence-electron chi connectivity index (χ3n) is 4.42. The van der Waals surface area contributed by atoms with E-state index in [0.717, 1.165) is 4.90 Å². The number of hydrogen-bond donors (Lipinski definition) is 1. The number of anilines is 1. The molecule has 3 amide bonds. The molecule has 0 unspecified atom stereocenters. The summed E-state index contributed by atoms with van der Waals surface area (Å²) < 4.78 is 5.75. The first-order valence-electron chi connectivity index (χ1n) is 8.64. The van der Waals surface area contributed by atoms with Crippen LogP contribution in [0.4, 0.5) is 5.69 Å². The monoisotopic (exact) mass is 372 g/mol. The normalized spacial score (nSPS) is 12.7. The van der Waals surface area contributed by atoms with Crippen LogP contribution in [0.5, 0.6) is 11.5 Å². The van der Waals surface area contributed by atoms with E-state index in [4.69, 9.17) is 4.74 Å². The highest BCUT2D eigenvalue weighted by Crippen LogP contribution is 2.26. The number of carbonyl (C=O) groups is 3. The van der Waals surface area contributed by atoms with Gasteiger partial charge in [0.25, 0.3) is 17.7 Å². The Balaban J connectivity index is 1.53. The molecule has 0 aliphatic carbocycles. The maximum absolute atomic E-state index is 12.6. The van der Waals surface area contributed by atoms with Crippen molar-refractivity contribution < 1.29 is 19.1 Å². The maximum Gasteiger partial charge on any atom is 0.261 e. The van der Waals surface area contributed by atoms with Crippen LogP contribution in [0.3, 0.4) is 0 Å². The zero-order valence-corrected chi connectivity index (χ0v) is 15.0. The third-order valence-corrected chi connectivity index (χ3v) is 4.42. The fourth-order valence-corrected chi connectivity index (χ4v) is 2.97. The van der Waals surface area contributed by atoms with E-state index in [1.165, 1.54) is 13.1 Å². The highest BCUT2D eigenvalue weighted by atomic mass is 16.5. The van der Waals surface area contributed by atoms with E-state index < -0.39 is 0 Å². The first-order chi connectivity index (χ1) is 13.5. The Morgan fingerprint density at radius 1 is 0.821 bits per heavy atom. The number of rotatable bonds is 4. The predicted octanol–water partition coefficient (Wildman–Crippen LogP) is 3.96. The van der Waals surface area contributed by atoms with Gasteiger partial charge < -0.3 is 10.1 Å². The fourth-order valence-electron chi connectivity index (χ4n) is 2.97. The van der Waals surface area contributed by atoms with Gasteiger partial charge in [0.2, 0.25) is 0 Å². The van der Waals surface area contributed by atoms with E-state index in [-0.39, 0.29) is 23.3 Å². The van der Waals surface area contributed by atoms with Crippen molar-refractivity contribution in [3.05, 3.63) is 89.5 Å². The number of benzene rings is 3. The van der Waals surface area contributed by atoms with Crippen LogP contribution in [0.15, 0.2) is 72.8 Å². The number of hydrogen-bond acceptors (Lipinski definition) is 4. The molecule has 0 saturated carbocycles. The van der Waals surface area contributed by atoms with Gasteiger partial charge in [-0.05, 0) is 48.5 Å². The molecule has 0 atom stereocenters. The van der Waals surface area contributed by atoms with Gasteiger partial charge in [-0.2, -0.15) is 0 Å². The highest BCUT2D eigenvalue weighted by Gasteiger charge is 2.32. The van der Waals surface area contributed by atoms with Crippen LogP contribution in [0.2, 0.25) is 0 Å². The molecular formula is C22H16N2O4. The van der Waals surface area contributed by atoms with Gasteiger partial charge >= 0.3 is 0 Å². The van der Waals surface area contributed by atoms with Gasteiger partial charge in [0.05, 0.1) is 11.1 Å². The average molecular weight is 372 g/mol. The average Bonchev–Trinajstić information content (AvgIpc) is 2.93. The number of carbonyl (C=O) groups excluding carboxylic acids is 3. The Morgan fingerprint density at radius 3 is 2.32 bits per heavy atom. The molecular weight excluding hydrogens is 356 g/mol. The summed E-state index contributed by atoms with van der Waals surface area (Å²) in [5, 5.41) is 2.75. The SMILES string of the molecule is CN1C(=O)c2ccc(NC(=O)c3cccc(Oc4ccccc4)c3)cc2C1=O. The molecule has 6 heteroatoms. The second-order valence-electron chi connectivity index (χ2n) is 6.33. The van der Waals surface area contributed by atoms with Gasteiger partial charge in [0.1, 0.15) is 11.5 Å². The molecule has 0 radical (unpaired) electrons. The van der Waals surface area contributed by atoms with Crippen molar-refractivity contribution in [3.63, 3.8) is 0 Å². The van der Waals surface area contributed by atoms with Crippen molar-refractivity contribution in [2.75, 3.05) is 12.4 Å². The zero-order chi connectivity index (χ0) is 19.7. The van der Waals surface area contributed by atoms with Gasteiger partial charge in [-0.15, -0.1) is 0 Å². The van der Waals surface area contributed by atoms with Crippen LogP contribution in [-0.2, 0) is 0 Å². The summed E-state index contributed by atoms with van der Waals surface area (Å²) in [5.41, 5.74) is 1.47. The van der Waals surface area contributed by atoms with Gasteiger partial charge in [-0.25, -0.2) is 0 Å². The number of imide groups is 1. The quantitative estimate of drug-likeness (QED) is 0.704. The smallest absolute Gasteiger partial charge is 0.261 e. The van der Waals surface area contributed by atoms with E-state index >= 15 is 0 Å². The Kier molecular flexibility index (Phi) is 4.37. The summed E-state index contributed by atoms with van der Waals surface area (Å²) in [6.45, 7) is 0. The largest absolute Gasteiger partial charge is 0.457 e. The number of amides is 3. The first kappa shape index (κ1) is 17.5. The van der Waals surface area contributed by atoms with Crippen LogP contribution < -0.4 is 10.1 Å². The molecule has 1 aliphatic rings. The van der Waals surface area contributed by atoms with Crippen LogP contribution in [0, 0.1) is 0 Å². The molecule has 0 spiro atoms. The number of fused-ring (bicyclic) bond motifs is 1. The number of ether oxygens (including phenoxy) is 1. The molecule has 1 N–H and O–H groups in total. The van der Waals surface area contributed by atoms with Crippen LogP contribution in [0.1, 0.15) is 31.1 Å². The number of nitrogens with zero attached hydrogens (tertiary/aromatic N) is 1. The minimum Gasteiger partial charge on any atom is -0.457 e. The second kappa shape index (κ2) is 7.00. The minimum absolute atomic E-state index is 0.284. The lowest BCUT2D eigenvalue weighted by molar-refractivity contribution is 0.0692. The summed E-state index contributed by atoms with van der Waals surface area (Å²) in [7, 11) is 1.43. The molecule has 4 rings (SSSR count). The van der Waals surface area contributed by atoms with Crippen molar-refractivity contribution in [3.8, 4) is 11.5 Å². The van der Waals surface area contributed by atoms with Crippen molar-refractivity contribution >= 4 is 23.4 Å². The topological polar surface area (TPSA) is 75.7 Å². The molecule has 6 nitrogen and oxygen atoms in total. The Bertz CT molecular complexity index is 1090. The summed E-state index contributed by atoms with van der Waals surface area (Å²) in [6, 6.07) is 20.7. The lowest BCUT2D eigenvalue weighted by Gasteiger charge is -2.09. The molecule has 28 heavy (non-hydrogen) atoms. The van der Waals surface area contributed by atoms with E-state index in [1.807, 2.05) is 30.3 Å². The fraction of sp³-hybridized carbons (Fsp3) is 0.0455. The van der Waals surface area contributed by atoms with Gasteiger partial charge in [0, 0.05) is 18.3 Å². The second-order valence-corrected chi connectivity index (χ2v) is 6.33. The Hall–Kier alpha value is -3.93. The van der Waals surface area contributed by atoms with Gasteiger partial charge in [-0.3, -0.25) is 19.3 Å². The molecule has 0 saturated heterocycles. The van der Waals surface area contributed by atoms with Gasteiger partial charge in [0.15, 0.2) is 0 Å². The Labute approximate surface area is 161 Å². The molecule has 0 fully saturated rings. The summed E-state index contributed by atoms with van der Waals surface area (Å²) >= 11 is 0. The summed E-state index contributed by atoms with van der Waals surface area (Å²) in [4.78, 5) is 37.7. The lowest BCUT2D eigenvalue weighted by atomic mass is 10.1. The van der Waals surface area contributed by atoms with E-state index in [1.54, 1.807) is 36.4 Å².